The van der Waals surface area contributed by atoms with Gasteiger partial charge < -0.3 is 10.6 Å². The van der Waals surface area contributed by atoms with Gasteiger partial charge in [-0.3, -0.25) is 10.2 Å². The van der Waals surface area contributed by atoms with Crippen LogP contribution in [0, 0.1) is 5.41 Å². The third-order valence-electron chi connectivity index (χ3n) is 4.27. The first-order chi connectivity index (χ1) is 14.3. The minimum absolute atomic E-state index is 0.0650. The molecule has 7 nitrogen and oxygen atoms in total. The van der Waals surface area contributed by atoms with Crippen LogP contribution in [0.1, 0.15) is 48.8 Å². The summed E-state index contributed by atoms with van der Waals surface area (Å²) in [4.78, 5) is 21.3. The molecule has 1 aromatic carbocycles. The molecular formula is C20H22ClFN6OS. The largest absolute Gasteiger partial charge is 0.384 e. The summed E-state index contributed by atoms with van der Waals surface area (Å²) in [5.41, 5.74) is 2.36. The molecule has 2 aromatic heterocycles. The van der Waals surface area contributed by atoms with E-state index in [9.17, 15) is 8.68 Å². The van der Waals surface area contributed by atoms with Crippen LogP contribution in [0.25, 0.3) is 11.2 Å². The van der Waals surface area contributed by atoms with Crippen LogP contribution in [0.2, 0.25) is 5.02 Å². The second-order valence-electron chi connectivity index (χ2n) is 6.98. The van der Waals surface area contributed by atoms with Gasteiger partial charge in [0.05, 0.1) is 17.5 Å². The molecule has 3 N–H and O–H groups in total. The van der Waals surface area contributed by atoms with Crippen molar-refractivity contribution in [3.63, 3.8) is 0 Å². The fraction of sp³-hybridized carbons (Fsp3) is 0.300. The molecule has 10 heteroatoms. The van der Waals surface area contributed by atoms with Crippen molar-refractivity contribution in [3.05, 3.63) is 52.4 Å². The van der Waals surface area contributed by atoms with Gasteiger partial charge in [0, 0.05) is 35.1 Å². The van der Waals surface area contributed by atoms with E-state index in [4.69, 9.17) is 17.0 Å². The topological polar surface area (TPSA) is 95.7 Å². The Morgan fingerprint density at radius 2 is 2.13 bits per heavy atom. The molecule has 0 unspecified atom stereocenters. The Bertz CT molecular complexity index is 1100. The van der Waals surface area contributed by atoms with Crippen LogP contribution < -0.4 is 10.6 Å². The number of carbonyl (C=O) groups is 1. The minimum Gasteiger partial charge on any atom is -0.384 e. The van der Waals surface area contributed by atoms with Crippen molar-refractivity contribution in [3.8, 4) is 0 Å². The summed E-state index contributed by atoms with van der Waals surface area (Å²) in [6.07, 6.45) is 3.67. The quantitative estimate of drug-likeness (QED) is 0.428. The van der Waals surface area contributed by atoms with Gasteiger partial charge in [0.15, 0.2) is 18.0 Å². The highest BCUT2D eigenvalue weighted by Crippen LogP contribution is 2.26. The Labute approximate surface area is 183 Å². The van der Waals surface area contributed by atoms with Crippen LogP contribution in [-0.2, 0) is 0 Å². The summed E-state index contributed by atoms with van der Waals surface area (Å²) in [5.74, 6) is -0.377. The molecule has 0 radical (unpaired) electrons. The standard InChI is InChI=1S/C20H22ClFN6OS/c1-4-7-24-15-8-12(21)5-6-13(15)17(23)16-9-25-19-18(27-16)14(10-28(19)30-22)20(29)26-11(2)3/h5-6,8-11,23-24H,4,7H2,1-3H3,(H,26,29). The second-order valence-corrected chi connectivity index (χ2v) is 7.95. The highest BCUT2D eigenvalue weighted by Gasteiger charge is 2.21. The Balaban J connectivity index is 2.07. The van der Waals surface area contributed by atoms with E-state index < -0.39 is 0 Å². The van der Waals surface area contributed by atoms with E-state index in [1.165, 1.54) is 12.4 Å². The Morgan fingerprint density at radius 3 is 2.80 bits per heavy atom. The van der Waals surface area contributed by atoms with Gasteiger partial charge in [0.2, 0.25) is 0 Å². The summed E-state index contributed by atoms with van der Waals surface area (Å²) < 4.78 is 14.5. The molecule has 0 aliphatic heterocycles. The molecule has 0 saturated heterocycles. The number of hydrogen-bond acceptors (Lipinski definition) is 6. The van der Waals surface area contributed by atoms with E-state index in [-0.39, 0.29) is 52.4 Å². The maximum Gasteiger partial charge on any atom is 0.255 e. The molecule has 0 aliphatic carbocycles. The maximum atomic E-state index is 13.3. The molecule has 3 rings (SSSR count). The predicted molar refractivity (Wildman–Crippen MR) is 120 cm³/mol. The average Bonchev–Trinajstić information content (AvgIpc) is 3.09. The molecule has 1 amide bonds. The average molecular weight is 449 g/mol. The van der Waals surface area contributed by atoms with Gasteiger partial charge >= 0.3 is 0 Å². The molecule has 30 heavy (non-hydrogen) atoms. The highest BCUT2D eigenvalue weighted by atomic mass is 35.5. The number of aromatic nitrogens is 3. The monoisotopic (exact) mass is 448 g/mol. The van der Waals surface area contributed by atoms with Gasteiger partial charge in [-0.1, -0.05) is 18.5 Å². The highest BCUT2D eigenvalue weighted by molar-refractivity contribution is 7.92. The second kappa shape index (κ2) is 9.44. The van der Waals surface area contributed by atoms with E-state index in [1.807, 2.05) is 20.8 Å². The zero-order valence-electron chi connectivity index (χ0n) is 16.8. The lowest BCUT2D eigenvalue weighted by Gasteiger charge is -2.13. The van der Waals surface area contributed by atoms with E-state index in [0.29, 0.717) is 16.3 Å². The van der Waals surface area contributed by atoms with Crippen molar-refractivity contribution in [1.82, 2.24) is 19.3 Å². The molecule has 2 heterocycles. The lowest BCUT2D eigenvalue weighted by molar-refractivity contribution is 0.0944. The number of nitrogens with zero attached hydrogens (tertiary/aromatic N) is 3. The van der Waals surface area contributed by atoms with E-state index in [2.05, 4.69) is 20.6 Å². The zero-order chi connectivity index (χ0) is 21.8. The zero-order valence-corrected chi connectivity index (χ0v) is 18.4. The van der Waals surface area contributed by atoms with Crippen molar-refractivity contribution >= 4 is 52.4 Å². The van der Waals surface area contributed by atoms with Gasteiger partial charge in [-0.2, -0.15) is 0 Å². The molecule has 0 fully saturated rings. The summed E-state index contributed by atoms with van der Waals surface area (Å²) in [7, 11) is 0. The van der Waals surface area contributed by atoms with Gasteiger partial charge in [-0.15, -0.1) is 3.89 Å². The Hall–Kier alpha value is -2.65. The molecule has 158 valence electrons. The number of fused-ring (bicyclic) bond motifs is 1. The molecular weight excluding hydrogens is 427 g/mol. The van der Waals surface area contributed by atoms with Crippen LogP contribution in [0.3, 0.4) is 0 Å². The van der Waals surface area contributed by atoms with Crippen molar-refractivity contribution in [1.29, 1.82) is 5.41 Å². The summed E-state index contributed by atoms with van der Waals surface area (Å²) in [6, 6.07) is 5.10. The molecule has 0 aliphatic rings. The number of anilines is 1. The third kappa shape index (κ3) is 4.57. The Morgan fingerprint density at radius 1 is 1.37 bits per heavy atom. The lowest BCUT2D eigenvalue weighted by Crippen LogP contribution is -2.30. The number of rotatable bonds is 8. The fourth-order valence-corrected chi connectivity index (χ4v) is 3.44. The number of nitrogens with one attached hydrogen (secondary N) is 3. The molecule has 0 spiro atoms. The maximum absolute atomic E-state index is 13.3. The van der Waals surface area contributed by atoms with Crippen LogP contribution >= 0.6 is 23.9 Å². The fourth-order valence-electron chi connectivity index (χ4n) is 2.92. The van der Waals surface area contributed by atoms with Crippen LogP contribution in [0.4, 0.5) is 9.57 Å². The normalized spacial score (nSPS) is 11.1. The van der Waals surface area contributed by atoms with Crippen molar-refractivity contribution in [2.24, 2.45) is 0 Å². The summed E-state index contributed by atoms with van der Waals surface area (Å²) >= 11 is 6.05. The third-order valence-corrected chi connectivity index (χ3v) is 4.94. The van der Waals surface area contributed by atoms with Crippen LogP contribution in [0.15, 0.2) is 30.6 Å². The SMILES string of the molecule is CCCNc1cc(Cl)ccc1C(=N)c1cnc2c(n1)c(C(=O)NC(C)C)cn2SF. The smallest absolute Gasteiger partial charge is 0.255 e. The Kier molecular flexibility index (Phi) is 6.94. The van der Waals surface area contributed by atoms with Crippen molar-refractivity contribution in [2.45, 2.75) is 33.2 Å². The van der Waals surface area contributed by atoms with Crippen molar-refractivity contribution < 1.29 is 8.68 Å². The van der Waals surface area contributed by atoms with Crippen LogP contribution in [-0.4, -0.2) is 38.1 Å². The predicted octanol–water partition coefficient (Wildman–Crippen LogP) is 4.84. The first-order valence-electron chi connectivity index (χ1n) is 9.46. The molecule has 3 aromatic rings. The van der Waals surface area contributed by atoms with E-state index >= 15 is 0 Å². The molecule has 0 atom stereocenters. The van der Waals surface area contributed by atoms with Gasteiger partial charge in [0.25, 0.3) is 5.91 Å². The lowest BCUT2D eigenvalue weighted by atomic mass is 10.0. The van der Waals surface area contributed by atoms with Gasteiger partial charge in [-0.05, 0) is 38.5 Å². The molecule has 0 saturated carbocycles. The van der Waals surface area contributed by atoms with Gasteiger partial charge in [0.1, 0.15) is 11.2 Å². The number of carbonyl (C=O) groups excluding carboxylic acids is 1. The minimum atomic E-state index is -0.377. The first-order valence-corrected chi connectivity index (χ1v) is 10.5. The van der Waals surface area contributed by atoms with Crippen molar-refractivity contribution in [2.75, 3.05) is 11.9 Å². The van der Waals surface area contributed by atoms with Crippen LogP contribution in [0.5, 0.6) is 0 Å². The van der Waals surface area contributed by atoms with E-state index in [0.717, 1.165) is 16.9 Å². The summed E-state index contributed by atoms with van der Waals surface area (Å²) in [6.45, 7) is 6.43. The van der Waals surface area contributed by atoms with Gasteiger partial charge in [-0.25, -0.2) is 13.9 Å². The number of amides is 1. The number of benzene rings is 1. The molecule has 0 bridgehead atoms. The van der Waals surface area contributed by atoms with E-state index in [1.54, 1.807) is 18.2 Å². The first kappa shape index (κ1) is 22.0. The summed E-state index contributed by atoms with van der Waals surface area (Å²) in [5, 5.41) is 15.3. The number of hydrogen-bond donors (Lipinski definition) is 3. The number of halogens is 2.